The number of ether oxygens (including phenoxy) is 1. The van der Waals surface area contributed by atoms with Gasteiger partial charge in [0.05, 0.1) is 13.2 Å². The molecule has 1 aromatic heterocycles. The first kappa shape index (κ1) is 22.7. The molecular formula is C25H34N4O3. The molecule has 7 heteroatoms. The van der Waals surface area contributed by atoms with Crippen LogP contribution in [0.25, 0.3) is 0 Å². The Labute approximate surface area is 190 Å². The number of hydrogen-bond acceptors (Lipinski definition) is 6. The quantitative estimate of drug-likeness (QED) is 0.550. The highest BCUT2D eigenvalue weighted by Crippen LogP contribution is 2.35. The number of nitrogens with zero attached hydrogens (tertiary/aromatic N) is 2. The van der Waals surface area contributed by atoms with Crippen molar-refractivity contribution in [3.8, 4) is 5.75 Å². The summed E-state index contributed by atoms with van der Waals surface area (Å²) in [5.74, 6) is 1.19. The number of carbonyl (C=O) groups is 1. The zero-order valence-corrected chi connectivity index (χ0v) is 18.7. The van der Waals surface area contributed by atoms with Gasteiger partial charge in [-0.2, -0.15) is 0 Å². The van der Waals surface area contributed by atoms with E-state index in [2.05, 4.69) is 20.5 Å². The Morgan fingerprint density at radius 2 is 1.84 bits per heavy atom. The summed E-state index contributed by atoms with van der Waals surface area (Å²) in [6, 6.07) is 12.2. The third-order valence-electron chi connectivity index (χ3n) is 6.76. The number of likely N-dealkylation sites (tertiary alicyclic amines) is 1. The maximum absolute atomic E-state index is 13.2. The highest BCUT2D eigenvalue weighted by atomic mass is 16.5. The van der Waals surface area contributed by atoms with Gasteiger partial charge in [0.1, 0.15) is 5.75 Å². The fourth-order valence-corrected chi connectivity index (χ4v) is 4.94. The van der Waals surface area contributed by atoms with Gasteiger partial charge >= 0.3 is 0 Å². The summed E-state index contributed by atoms with van der Waals surface area (Å²) >= 11 is 0. The Morgan fingerprint density at radius 1 is 1.12 bits per heavy atom. The second kappa shape index (κ2) is 10.9. The fraction of sp³-hybridized carbons (Fsp3) is 0.520. The number of amides is 1. The van der Waals surface area contributed by atoms with E-state index in [0.29, 0.717) is 12.5 Å². The predicted octanol–water partition coefficient (Wildman–Crippen LogP) is 2.97. The monoisotopic (exact) mass is 438 g/mol. The summed E-state index contributed by atoms with van der Waals surface area (Å²) in [5.41, 5.74) is 2.27. The van der Waals surface area contributed by atoms with Crippen molar-refractivity contribution >= 4 is 5.91 Å². The number of hydrogen-bond donors (Lipinski definition) is 3. The predicted molar refractivity (Wildman–Crippen MR) is 123 cm³/mol. The van der Waals surface area contributed by atoms with Crippen LogP contribution in [0.3, 0.4) is 0 Å². The van der Waals surface area contributed by atoms with Crippen molar-refractivity contribution in [3.63, 3.8) is 0 Å². The van der Waals surface area contributed by atoms with E-state index in [1.54, 1.807) is 19.5 Å². The van der Waals surface area contributed by atoms with E-state index >= 15 is 0 Å². The van der Waals surface area contributed by atoms with E-state index < -0.39 is 6.35 Å². The molecule has 172 valence electrons. The standard InChI is InChI=1S/C25H34N4O3/c1-32-22-10-4-18(5-11-22)17-27-25(31)28-21-8-6-20(7-9-21)24(30)29-16-2-3-23(29)19-12-14-26-15-13-19/h4-5,10-15,20-21,23,25,27-28,31H,2-3,6-9,16-17H2,1H3. The minimum atomic E-state index is -0.774. The SMILES string of the molecule is COc1ccc(CNC(O)NC2CCC(C(=O)N3CCCC3c3ccncc3)CC2)cc1. The van der Waals surface area contributed by atoms with Crippen molar-refractivity contribution in [1.29, 1.82) is 0 Å². The molecule has 2 fully saturated rings. The summed E-state index contributed by atoms with van der Waals surface area (Å²) in [6.45, 7) is 1.41. The lowest BCUT2D eigenvalue weighted by Crippen LogP contribution is -2.49. The zero-order valence-electron chi connectivity index (χ0n) is 18.7. The molecule has 0 radical (unpaired) electrons. The molecule has 3 N–H and O–H groups in total. The van der Waals surface area contributed by atoms with Gasteiger partial charge in [-0.15, -0.1) is 0 Å². The largest absolute Gasteiger partial charge is 0.497 e. The summed E-state index contributed by atoms with van der Waals surface area (Å²) in [5, 5.41) is 16.7. The van der Waals surface area contributed by atoms with E-state index in [4.69, 9.17) is 4.74 Å². The topological polar surface area (TPSA) is 86.7 Å². The molecule has 1 saturated carbocycles. The summed E-state index contributed by atoms with van der Waals surface area (Å²) in [4.78, 5) is 19.4. The van der Waals surface area contributed by atoms with Crippen LogP contribution in [-0.4, -0.2) is 46.9 Å². The molecule has 32 heavy (non-hydrogen) atoms. The van der Waals surface area contributed by atoms with E-state index in [1.807, 2.05) is 36.4 Å². The van der Waals surface area contributed by atoms with Crippen molar-refractivity contribution in [3.05, 3.63) is 59.9 Å². The first-order valence-corrected chi connectivity index (χ1v) is 11.6. The van der Waals surface area contributed by atoms with E-state index in [9.17, 15) is 9.90 Å². The molecule has 1 aliphatic carbocycles. The van der Waals surface area contributed by atoms with Crippen LogP contribution in [0.4, 0.5) is 0 Å². The Bertz CT molecular complexity index is 853. The first-order valence-electron chi connectivity index (χ1n) is 11.6. The lowest BCUT2D eigenvalue weighted by Gasteiger charge is -2.34. The minimum absolute atomic E-state index is 0.0832. The average molecular weight is 439 g/mol. The number of aliphatic hydroxyl groups is 1. The van der Waals surface area contributed by atoms with Gasteiger partial charge in [0, 0.05) is 37.4 Å². The molecule has 2 unspecified atom stereocenters. The van der Waals surface area contributed by atoms with Crippen LogP contribution in [0.15, 0.2) is 48.8 Å². The van der Waals surface area contributed by atoms with E-state index in [-0.39, 0.29) is 18.0 Å². The van der Waals surface area contributed by atoms with E-state index in [0.717, 1.165) is 56.4 Å². The molecule has 0 bridgehead atoms. The van der Waals surface area contributed by atoms with Gasteiger partial charge in [0.2, 0.25) is 5.91 Å². The van der Waals surface area contributed by atoms with Gasteiger partial charge in [0.15, 0.2) is 6.35 Å². The minimum Gasteiger partial charge on any atom is -0.497 e. The third-order valence-corrected chi connectivity index (χ3v) is 6.76. The molecule has 2 aromatic rings. The molecule has 7 nitrogen and oxygen atoms in total. The van der Waals surface area contributed by atoms with Gasteiger partial charge in [-0.3, -0.25) is 20.4 Å². The number of aromatic nitrogens is 1. The van der Waals surface area contributed by atoms with Gasteiger partial charge in [-0.05, 0) is 73.9 Å². The molecule has 2 heterocycles. The van der Waals surface area contributed by atoms with Crippen LogP contribution < -0.4 is 15.4 Å². The average Bonchev–Trinajstić information content (AvgIpc) is 3.34. The molecule has 0 spiro atoms. The normalized spacial score (nSPS) is 24.3. The Balaban J connectivity index is 1.21. The number of nitrogens with one attached hydrogen (secondary N) is 2. The molecule has 1 saturated heterocycles. The van der Waals surface area contributed by atoms with Crippen molar-refractivity contribution in [1.82, 2.24) is 20.5 Å². The molecule has 4 rings (SSSR count). The number of carbonyl (C=O) groups excluding carboxylic acids is 1. The maximum atomic E-state index is 13.2. The molecule has 1 aliphatic heterocycles. The molecule has 1 aromatic carbocycles. The Morgan fingerprint density at radius 3 is 2.53 bits per heavy atom. The number of rotatable bonds is 8. The summed E-state index contributed by atoms with van der Waals surface area (Å²) in [6.07, 6.45) is 8.44. The number of aliphatic hydroxyl groups excluding tert-OH is 1. The van der Waals surface area contributed by atoms with Crippen LogP contribution in [0.2, 0.25) is 0 Å². The van der Waals surface area contributed by atoms with E-state index in [1.165, 1.54) is 5.56 Å². The van der Waals surface area contributed by atoms with Gasteiger partial charge in [-0.1, -0.05) is 12.1 Å². The number of benzene rings is 1. The van der Waals surface area contributed by atoms with Crippen LogP contribution in [0.1, 0.15) is 55.7 Å². The third kappa shape index (κ3) is 5.65. The summed E-state index contributed by atoms with van der Waals surface area (Å²) in [7, 11) is 1.65. The van der Waals surface area contributed by atoms with Crippen molar-refractivity contribution in [2.45, 2.75) is 63.5 Å². The van der Waals surface area contributed by atoms with Crippen molar-refractivity contribution < 1.29 is 14.6 Å². The molecule has 2 atom stereocenters. The number of pyridine rings is 1. The molecule has 1 amide bonds. The molecule has 2 aliphatic rings. The van der Waals surface area contributed by atoms with Crippen LogP contribution in [0, 0.1) is 5.92 Å². The highest BCUT2D eigenvalue weighted by molar-refractivity contribution is 5.79. The van der Waals surface area contributed by atoms with Crippen LogP contribution >= 0.6 is 0 Å². The zero-order chi connectivity index (χ0) is 22.3. The highest BCUT2D eigenvalue weighted by Gasteiger charge is 2.35. The van der Waals surface area contributed by atoms with Gasteiger partial charge < -0.3 is 14.7 Å². The summed E-state index contributed by atoms with van der Waals surface area (Å²) < 4.78 is 5.17. The van der Waals surface area contributed by atoms with Crippen molar-refractivity contribution in [2.75, 3.05) is 13.7 Å². The fourth-order valence-electron chi connectivity index (χ4n) is 4.94. The number of methoxy groups -OCH3 is 1. The smallest absolute Gasteiger partial charge is 0.226 e. The Kier molecular flexibility index (Phi) is 7.73. The van der Waals surface area contributed by atoms with Crippen LogP contribution in [-0.2, 0) is 11.3 Å². The second-order valence-electron chi connectivity index (χ2n) is 8.82. The first-order chi connectivity index (χ1) is 15.6. The molecular weight excluding hydrogens is 404 g/mol. The van der Waals surface area contributed by atoms with Crippen LogP contribution in [0.5, 0.6) is 5.75 Å². The van der Waals surface area contributed by atoms with Crippen molar-refractivity contribution in [2.24, 2.45) is 5.92 Å². The maximum Gasteiger partial charge on any atom is 0.226 e. The second-order valence-corrected chi connectivity index (χ2v) is 8.82. The lowest BCUT2D eigenvalue weighted by atomic mass is 9.85. The van der Waals surface area contributed by atoms with Gasteiger partial charge in [-0.25, -0.2) is 0 Å². The lowest BCUT2D eigenvalue weighted by molar-refractivity contribution is -0.137. The van der Waals surface area contributed by atoms with Gasteiger partial charge in [0.25, 0.3) is 0 Å². The Hall–Kier alpha value is -2.48.